The van der Waals surface area contributed by atoms with Crippen molar-refractivity contribution in [3.63, 3.8) is 0 Å². The molecule has 1 saturated carbocycles. The van der Waals surface area contributed by atoms with Crippen molar-refractivity contribution in [3.05, 3.63) is 17.0 Å². The van der Waals surface area contributed by atoms with E-state index in [4.69, 9.17) is 9.63 Å². The summed E-state index contributed by atoms with van der Waals surface area (Å²) in [4.78, 5) is 12.3. The lowest BCUT2D eigenvalue weighted by Crippen LogP contribution is -2.47. The number of aliphatic hydroxyl groups is 1. The molecule has 0 saturated heterocycles. The molecule has 0 aliphatic heterocycles. The number of aromatic nitrogens is 1. The van der Waals surface area contributed by atoms with E-state index in [0.29, 0.717) is 23.4 Å². The number of hydrogen-bond acceptors (Lipinski definition) is 4. The van der Waals surface area contributed by atoms with Gasteiger partial charge in [0.2, 0.25) is 0 Å². The van der Waals surface area contributed by atoms with Crippen molar-refractivity contribution in [2.24, 2.45) is 0 Å². The first-order valence-corrected chi connectivity index (χ1v) is 6.44. The summed E-state index contributed by atoms with van der Waals surface area (Å²) in [7, 11) is 0. The molecule has 0 radical (unpaired) electrons. The molecule has 1 aromatic heterocycles. The van der Waals surface area contributed by atoms with Gasteiger partial charge in [0.05, 0.1) is 5.69 Å². The molecule has 1 aliphatic carbocycles. The third-order valence-electron chi connectivity index (χ3n) is 3.79. The van der Waals surface area contributed by atoms with Gasteiger partial charge >= 0.3 is 0 Å². The lowest BCUT2D eigenvalue weighted by atomic mass is 9.93. The van der Waals surface area contributed by atoms with Crippen molar-refractivity contribution in [2.45, 2.75) is 51.5 Å². The van der Waals surface area contributed by atoms with Crippen molar-refractivity contribution in [1.29, 1.82) is 0 Å². The van der Waals surface area contributed by atoms with Crippen LogP contribution in [0.25, 0.3) is 0 Å². The zero-order chi connectivity index (χ0) is 13.2. The van der Waals surface area contributed by atoms with Crippen molar-refractivity contribution in [2.75, 3.05) is 6.61 Å². The van der Waals surface area contributed by atoms with Gasteiger partial charge in [-0.3, -0.25) is 4.79 Å². The largest absolute Gasteiger partial charge is 0.396 e. The molecule has 1 heterocycles. The van der Waals surface area contributed by atoms with Gasteiger partial charge in [-0.05, 0) is 33.1 Å². The number of carbonyl (C=O) groups is 1. The van der Waals surface area contributed by atoms with Crippen LogP contribution in [0.1, 0.15) is 53.9 Å². The number of carbonyl (C=O) groups excluding carboxylic acids is 1. The van der Waals surface area contributed by atoms with Crippen molar-refractivity contribution in [3.8, 4) is 0 Å². The van der Waals surface area contributed by atoms with Gasteiger partial charge in [0.25, 0.3) is 5.91 Å². The summed E-state index contributed by atoms with van der Waals surface area (Å²) >= 11 is 0. The van der Waals surface area contributed by atoms with Crippen molar-refractivity contribution < 1.29 is 14.4 Å². The maximum Gasteiger partial charge on any atom is 0.257 e. The summed E-state index contributed by atoms with van der Waals surface area (Å²) in [5, 5.41) is 16.0. The van der Waals surface area contributed by atoms with Gasteiger partial charge in [0, 0.05) is 12.1 Å². The number of aryl methyl sites for hydroxylation is 2. The number of hydrogen-bond donors (Lipinski definition) is 2. The van der Waals surface area contributed by atoms with Gasteiger partial charge in [-0.2, -0.15) is 0 Å². The van der Waals surface area contributed by atoms with E-state index in [1.54, 1.807) is 13.8 Å². The van der Waals surface area contributed by atoms with Gasteiger partial charge in [0.15, 0.2) is 0 Å². The van der Waals surface area contributed by atoms with Crippen LogP contribution in [-0.4, -0.2) is 28.3 Å². The van der Waals surface area contributed by atoms with Crippen LogP contribution in [-0.2, 0) is 0 Å². The maximum absolute atomic E-state index is 12.3. The standard InChI is InChI=1S/C13H20N2O3/c1-9-11(10(2)18-15-9)12(17)14-13(7-8-16)5-3-4-6-13/h16H,3-8H2,1-2H3,(H,14,17). The minimum atomic E-state index is -0.248. The Morgan fingerprint density at radius 2 is 2.11 bits per heavy atom. The monoisotopic (exact) mass is 252 g/mol. The van der Waals surface area contributed by atoms with E-state index in [1.807, 2.05) is 0 Å². The molecule has 0 spiro atoms. The summed E-state index contributed by atoms with van der Waals surface area (Å²) in [6, 6.07) is 0. The zero-order valence-electron chi connectivity index (χ0n) is 11.0. The molecule has 5 heteroatoms. The Labute approximate surface area is 107 Å². The van der Waals surface area contributed by atoms with Gasteiger partial charge in [0.1, 0.15) is 11.3 Å². The van der Waals surface area contributed by atoms with Gasteiger partial charge in [-0.1, -0.05) is 18.0 Å². The average molecular weight is 252 g/mol. The van der Waals surface area contributed by atoms with Crippen molar-refractivity contribution in [1.82, 2.24) is 10.5 Å². The fraction of sp³-hybridized carbons (Fsp3) is 0.692. The molecule has 0 atom stereocenters. The molecule has 18 heavy (non-hydrogen) atoms. The van der Waals surface area contributed by atoms with Crippen LogP contribution >= 0.6 is 0 Å². The SMILES string of the molecule is Cc1noc(C)c1C(=O)NC1(CCO)CCCC1. The topological polar surface area (TPSA) is 75.4 Å². The smallest absolute Gasteiger partial charge is 0.257 e. The molecule has 0 aromatic carbocycles. The summed E-state index contributed by atoms with van der Waals surface area (Å²) in [5.41, 5.74) is 0.892. The Morgan fingerprint density at radius 3 is 2.61 bits per heavy atom. The van der Waals surface area contributed by atoms with Crippen LogP contribution in [0.15, 0.2) is 4.52 Å². The van der Waals surface area contributed by atoms with Gasteiger partial charge in [-0.15, -0.1) is 0 Å². The fourth-order valence-corrected chi connectivity index (χ4v) is 2.81. The summed E-state index contributed by atoms with van der Waals surface area (Å²) in [6.45, 7) is 3.60. The minimum absolute atomic E-state index is 0.0991. The van der Waals surface area contributed by atoms with E-state index in [1.165, 1.54) is 0 Å². The molecular formula is C13H20N2O3. The maximum atomic E-state index is 12.3. The second-order valence-corrected chi connectivity index (χ2v) is 5.11. The van der Waals surface area contributed by atoms with E-state index in [9.17, 15) is 4.79 Å². The highest BCUT2D eigenvalue weighted by Crippen LogP contribution is 2.33. The van der Waals surface area contributed by atoms with Crippen LogP contribution in [0.5, 0.6) is 0 Å². The normalized spacial score (nSPS) is 17.9. The Hall–Kier alpha value is -1.36. The van der Waals surface area contributed by atoms with Crippen LogP contribution in [0, 0.1) is 13.8 Å². The molecule has 0 bridgehead atoms. The molecule has 100 valence electrons. The van der Waals surface area contributed by atoms with Crippen molar-refractivity contribution >= 4 is 5.91 Å². The van der Waals surface area contributed by atoms with Crippen LogP contribution < -0.4 is 5.32 Å². The molecule has 2 N–H and O–H groups in total. The van der Waals surface area contributed by atoms with E-state index in [0.717, 1.165) is 25.7 Å². The van der Waals surface area contributed by atoms with E-state index in [2.05, 4.69) is 10.5 Å². The first-order valence-electron chi connectivity index (χ1n) is 6.44. The highest BCUT2D eigenvalue weighted by Gasteiger charge is 2.35. The predicted octanol–water partition coefficient (Wildman–Crippen LogP) is 1.72. The second-order valence-electron chi connectivity index (χ2n) is 5.11. The number of aliphatic hydroxyl groups excluding tert-OH is 1. The highest BCUT2D eigenvalue weighted by molar-refractivity contribution is 5.96. The molecule has 1 aromatic rings. The lowest BCUT2D eigenvalue weighted by molar-refractivity contribution is 0.0879. The Kier molecular flexibility index (Phi) is 3.71. The number of nitrogens with zero attached hydrogens (tertiary/aromatic N) is 1. The van der Waals surface area contributed by atoms with E-state index < -0.39 is 0 Å². The number of nitrogens with one attached hydrogen (secondary N) is 1. The predicted molar refractivity (Wildman–Crippen MR) is 66.3 cm³/mol. The molecule has 5 nitrogen and oxygen atoms in total. The lowest BCUT2D eigenvalue weighted by Gasteiger charge is -2.29. The quantitative estimate of drug-likeness (QED) is 0.855. The minimum Gasteiger partial charge on any atom is -0.396 e. The Bertz CT molecular complexity index is 414. The third kappa shape index (κ3) is 2.41. The van der Waals surface area contributed by atoms with Gasteiger partial charge < -0.3 is 14.9 Å². The molecule has 0 unspecified atom stereocenters. The fourth-order valence-electron chi connectivity index (χ4n) is 2.81. The molecule has 2 rings (SSSR count). The highest BCUT2D eigenvalue weighted by atomic mass is 16.5. The molecule has 1 fully saturated rings. The number of rotatable bonds is 4. The zero-order valence-corrected chi connectivity index (χ0v) is 11.0. The molecular weight excluding hydrogens is 232 g/mol. The van der Waals surface area contributed by atoms with Crippen LogP contribution in [0.3, 0.4) is 0 Å². The molecule has 1 aliphatic rings. The van der Waals surface area contributed by atoms with E-state index >= 15 is 0 Å². The average Bonchev–Trinajstić information content (AvgIpc) is 2.87. The Morgan fingerprint density at radius 1 is 1.44 bits per heavy atom. The Balaban J connectivity index is 2.15. The summed E-state index contributed by atoms with van der Waals surface area (Å²) < 4.78 is 5.01. The first-order chi connectivity index (χ1) is 8.58. The van der Waals surface area contributed by atoms with E-state index in [-0.39, 0.29) is 18.1 Å². The summed E-state index contributed by atoms with van der Waals surface area (Å²) in [6.07, 6.45) is 4.68. The second kappa shape index (κ2) is 5.10. The number of amides is 1. The summed E-state index contributed by atoms with van der Waals surface area (Å²) in [5.74, 6) is 0.406. The first kappa shape index (κ1) is 13.1. The van der Waals surface area contributed by atoms with Crippen LogP contribution in [0.4, 0.5) is 0 Å². The van der Waals surface area contributed by atoms with Crippen LogP contribution in [0.2, 0.25) is 0 Å². The molecule has 1 amide bonds. The third-order valence-corrected chi connectivity index (χ3v) is 3.79. The van der Waals surface area contributed by atoms with Gasteiger partial charge in [-0.25, -0.2) is 0 Å².